The van der Waals surface area contributed by atoms with Gasteiger partial charge < -0.3 is 16.0 Å². The van der Waals surface area contributed by atoms with Gasteiger partial charge in [0.15, 0.2) is 0 Å². The highest BCUT2D eigenvalue weighted by Gasteiger charge is 2.11. The molecule has 0 saturated heterocycles. The van der Waals surface area contributed by atoms with Gasteiger partial charge in [-0.05, 0) is 48.5 Å². The third kappa shape index (κ3) is 5.94. The number of benzene rings is 2. The van der Waals surface area contributed by atoms with Gasteiger partial charge in [0.05, 0.1) is 4.90 Å². The Kier molecular flexibility index (Phi) is 6.49. The van der Waals surface area contributed by atoms with Crippen LogP contribution in [0.5, 0.6) is 0 Å². The normalized spacial score (nSPS) is 11.2. The van der Waals surface area contributed by atoms with Crippen molar-refractivity contribution in [2.45, 2.75) is 11.8 Å². The summed E-state index contributed by atoms with van der Waals surface area (Å²) in [4.78, 5) is 22.9. The lowest BCUT2D eigenvalue weighted by molar-refractivity contribution is -0.114. The number of anilines is 3. The van der Waals surface area contributed by atoms with Crippen LogP contribution in [0.2, 0.25) is 0 Å². The lowest BCUT2D eigenvalue weighted by Crippen LogP contribution is -2.14. The molecule has 0 saturated carbocycles. The standard InChI is InChI=1S/C18H16N4O5S/c1-12(23)21-15-2-4-16(5-3-15)22-18(24)13(10-19)11-20-14-6-8-17(9-7-14)28(25,26)27/h2-9,11,20H,1H3,(H,21,23)(H,22,24)(H,25,26,27)/b13-11-. The minimum atomic E-state index is -4.30. The molecule has 0 aliphatic carbocycles. The van der Waals surface area contributed by atoms with Crippen LogP contribution >= 0.6 is 0 Å². The van der Waals surface area contributed by atoms with E-state index in [0.717, 1.165) is 0 Å². The average Bonchev–Trinajstić information content (AvgIpc) is 2.63. The molecule has 2 amide bonds. The summed E-state index contributed by atoms with van der Waals surface area (Å²) in [7, 11) is -4.30. The molecule has 0 atom stereocenters. The summed E-state index contributed by atoms with van der Waals surface area (Å²) >= 11 is 0. The van der Waals surface area contributed by atoms with Crippen molar-refractivity contribution in [2.24, 2.45) is 0 Å². The molecule has 0 aliphatic heterocycles. The minimum absolute atomic E-state index is 0.218. The van der Waals surface area contributed by atoms with E-state index in [2.05, 4.69) is 16.0 Å². The summed E-state index contributed by atoms with van der Waals surface area (Å²) in [5.41, 5.74) is 1.19. The molecule has 0 aromatic heterocycles. The second-order valence-corrected chi connectivity index (χ2v) is 6.95. The molecule has 4 N–H and O–H groups in total. The first-order valence-corrected chi connectivity index (χ1v) is 9.26. The maximum atomic E-state index is 12.2. The lowest BCUT2D eigenvalue weighted by atomic mass is 10.2. The van der Waals surface area contributed by atoms with Gasteiger partial charge >= 0.3 is 0 Å². The first kappa shape index (κ1) is 20.6. The van der Waals surface area contributed by atoms with E-state index in [0.29, 0.717) is 17.1 Å². The number of amides is 2. The summed E-state index contributed by atoms with van der Waals surface area (Å²) in [5.74, 6) is -0.876. The van der Waals surface area contributed by atoms with Crippen LogP contribution in [0.3, 0.4) is 0 Å². The zero-order chi connectivity index (χ0) is 20.7. The molecule has 0 unspecified atom stereocenters. The van der Waals surface area contributed by atoms with Crippen LogP contribution in [0.25, 0.3) is 0 Å². The topological polar surface area (TPSA) is 148 Å². The number of hydrogen-bond acceptors (Lipinski definition) is 6. The quantitative estimate of drug-likeness (QED) is 0.330. The third-order valence-electron chi connectivity index (χ3n) is 3.36. The highest BCUT2D eigenvalue weighted by molar-refractivity contribution is 7.85. The minimum Gasteiger partial charge on any atom is -0.360 e. The van der Waals surface area contributed by atoms with Crippen LogP contribution < -0.4 is 16.0 Å². The Hall–Kier alpha value is -3.68. The van der Waals surface area contributed by atoms with Crippen LogP contribution in [0.4, 0.5) is 17.1 Å². The highest BCUT2D eigenvalue weighted by Crippen LogP contribution is 2.16. The van der Waals surface area contributed by atoms with E-state index in [1.807, 2.05) is 0 Å². The van der Waals surface area contributed by atoms with Gasteiger partial charge in [0.2, 0.25) is 5.91 Å². The van der Waals surface area contributed by atoms with E-state index in [4.69, 9.17) is 9.81 Å². The van der Waals surface area contributed by atoms with Crippen molar-refractivity contribution in [2.75, 3.05) is 16.0 Å². The van der Waals surface area contributed by atoms with Gasteiger partial charge in [-0.25, -0.2) is 0 Å². The Morgan fingerprint density at radius 3 is 1.93 bits per heavy atom. The maximum absolute atomic E-state index is 12.2. The number of hydrogen-bond donors (Lipinski definition) is 4. The number of carbonyl (C=O) groups is 2. The molecule has 0 fully saturated rings. The second kappa shape index (κ2) is 8.81. The SMILES string of the molecule is CC(=O)Nc1ccc(NC(=O)/C(C#N)=C\Nc2ccc(S(=O)(=O)O)cc2)cc1. The van der Waals surface area contributed by atoms with Gasteiger partial charge in [-0.1, -0.05) is 0 Å². The molecule has 0 spiro atoms. The van der Waals surface area contributed by atoms with Gasteiger partial charge in [0, 0.05) is 30.2 Å². The number of rotatable bonds is 6. The number of nitrogens with one attached hydrogen (secondary N) is 3. The second-order valence-electron chi connectivity index (χ2n) is 5.53. The van der Waals surface area contributed by atoms with Gasteiger partial charge in [-0.2, -0.15) is 13.7 Å². The molecule has 2 rings (SSSR count). The lowest BCUT2D eigenvalue weighted by Gasteiger charge is -2.07. The van der Waals surface area contributed by atoms with Crippen molar-refractivity contribution in [3.8, 4) is 6.07 Å². The molecule has 0 heterocycles. The van der Waals surface area contributed by atoms with Crippen molar-refractivity contribution >= 4 is 39.0 Å². The predicted molar refractivity (Wildman–Crippen MR) is 103 cm³/mol. The van der Waals surface area contributed by atoms with E-state index in [9.17, 15) is 18.0 Å². The molecular formula is C18H16N4O5S. The third-order valence-corrected chi connectivity index (χ3v) is 4.23. The first-order valence-electron chi connectivity index (χ1n) is 7.82. The van der Waals surface area contributed by atoms with Crippen molar-refractivity contribution in [3.05, 3.63) is 60.3 Å². The Morgan fingerprint density at radius 2 is 1.46 bits per heavy atom. The Bertz CT molecular complexity index is 1050. The molecule has 2 aromatic carbocycles. The van der Waals surface area contributed by atoms with Crippen molar-refractivity contribution in [1.82, 2.24) is 0 Å². The van der Waals surface area contributed by atoms with Crippen LogP contribution in [0, 0.1) is 11.3 Å². The molecule has 10 heteroatoms. The number of carbonyl (C=O) groups excluding carboxylic acids is 2. The summed E-state index contributed by atoms with van der Waals surface area (Å²) in [6.07, 6.45) is 1.17. The molecule has 144 valence electrons. The fraction of sp³-hybridized carbons (Fsp3) is 0.0556. The largest absolute Gasteiger partial charge is 0.360 e. The monoisotopic (exact) mass is 400 g/mol. The molecule has 28 heavy (non-hydrogen) atoms. The fourth-order valence-corrected chi connectivity index (χ4v) is 2.55. The smallest absolute Gasteiger partial charge is 0.294 e. The van der Waals surface area contributed by atoms with E-state index >= 15 is 0 Å². The highest BCUT2D eigenvalue weighted by atomic mass is 32.2. The van der Waals surface area contributed by atoms with Crippen LogP contribution in [-0.2, 0) is 19.7 Å². The number of nitriles is 1. The van der Waals surface area contributed by atoms with Gasteiger partial charge in [-0.3, -0.25) is 14.1 Å². The summed E-state index contributed by atoms with van der Waals surface area (Å²) in [5, 5.41) is 17.0. The van der Waals surface area contributed by atoms with Gasteiger partial charge in [0.25, 0.3) is 16.0 Å². The summed E-state index contributed by atoms with van der Waals surface area (Å²) in [6.45, 7) is 1.38. The predicted octanol–water partition coefficient (Wildman–Crippen LogP) is 2.35. The van der Waals surface area contributed by atoms with E-state index < -0.39 is 16.0 Å². The first-order chi connectivity index (χ1) is 13.2. The van der Waals surface area contributed by atoms with Crippen LogP contribution in [0.1, 0.15) is 6.92 Å². The van der Waals surface area contributed by atoms with Gasteiger partial charge in [-0.15, -0.1) is 0 Å². The number of nitrogens with zero attached hydrogens (tertiary/aromatic N) is 1. The van der Waals surface area contributed by atoms with Crippen LogP contribution in [-0.4, -0.2) is 24.8 Å². The Labute approximate surface area is 161 Å². The fourth-order valence-electron chi connectivity index (χ4n) is 2.07. The van der Waals surface area contributed by atoms with E-state index in [1.54, 1.807) is 30.3 Å². The van der Waals surface area contributed by atoms with Crippen molar-refractivity contribution < 1.29 is 22.6 Å². The Morgan fingerprint density at radius 1 is 0.964 bits per heavy atom. The zero-order valence-electron chi connectivity index (χ0n) is 14.6. The molecule has 0 bridgehead atoms. The maximum Gasteiger partial charge on any atom is 0.294 e. The van der Waals surface area contributed by atoms with Crippen molar-refractivity contribution in [1.29, 1.82) is 5.26 Å². The molecular weight excluding hydrogens is 384 g/mol. The van der Waals surface area contributed by atoms with Crippen LogP contribution in [0.15, 0.2) is 65.2 Å². The van der Waals surface area contributed by atoms with E-state index in [1.165, 1.54) is 37.4 Å². The summed E-state index contributed by atoms with van der Waals surface area (Å²) < 4.78 is 30.9. The zero-order valence-corrected chi connectivity index (χ0v) is 15.4. The average molecular weight is 400 g/mol. The van der Waals surface area contributed by atoms with Gasteiger partial charge in [0.1, 0.15) is 11.6 Å². The molecule has 0 aliphatic rings. The molecule has 0 radical (unpaired) electrons. The van der Waals surface area contributed by atoms with E-state index in [-0.39, 0.29) is 16.4 Å². The molecule has 9 nitrogen and oxygen atoms in total. The summed E-state index contributed by atoms with van der Waals surface area (Å²) in [6, 6.07) is 13.2. The van der Waals surface area contributed by atoms with Crippen molar-refractivity contribution in [3.63, 3.8) is 0 Å². The Balaban J connectivity index is 2.04. The molecule has 2 aromatic rings.